The second-order valence-corrected chi connectivity index (χ2v) is 14.9. The summed E-state index contributed by atoms with van der Waals surface area (Å²) >= 11 is 0. The molecule has 1 atom stereocenters. The average molecular weight is 461 g/mol. The van der Waals surface area contributed by atoms with E-state index in [1.165, 1.54) is 0 Å². The fourth-order valence-electron chi connectivity index (χ4n) is 3.46. The predicted octanol–water partition coefficient (Wildman–Crippen LogP) is 5.81. The van der Waals surface area contributed by atoms with E-state index < -0.39 is 25.8 Å². The van der Waals surface area contributed by atoms with Crippen molar-refractivity contribution in [3.63, 3.8) is 0 Å². The van der Waals surface area contributed by atoms with Crippen LogP contribution >= 0.6 is 0 Å². The van der Waals surface area contributed by atoms with Crippen LogP contribution < -0.4 is 10.9 Å². The summed E-state index contributed by atoms with van der Waals surface area (Å²) in [6.07, 6.45) is -0.531. The number of benzene rings is 2. The predicted molar refractivity (Wildman–Crippen MR) is 138 cm³/mol. The molecular weight excluding hydrogens is 428 g/mol. The van der Waals surface area contributed by atoms with Gasteiger partial charge in [0.15, 0.2) is 0 Å². The lowest BCUT2D eigenvalue weighted by atomic mass is 10.0. The van der Waals surface area contributed by atoms with Crippen molar-refractivity contribution in [3.8, 4) is 17.2 Å². The minimum absolute atomic E-state index is 0.160. The third kappa shape index (κ3) is 6.14. The van der Waals surface area contributed by atoms with Gasteiger partial charge in [0.1, 0.15) is 13.7 Å². The van der Waals surface area contributed by atoms with E-state index in [2.05, 4.69) is 36.4 Å². The molecule has 0 fully saturated rings. The molecule has 0 unspecified atom stereocenters. The molecule has 1 N–H and O–H groups in total. The van der Waals surface area contributed by atoms with Gasteiger partial charge in [-0.25, -0.2) is 4.79 Å². The normalized spacial score (nSPS) is 12.6. The Morgan fingerprint density at radius 1 is 1.06 bits per heavy atom. The minimum Gasteiger partial charge on any atom is -0.444 e. The van der Waals surface area contributed by atoms with E-state index in [0.717, 1.165) is 16.6 Å². The van der Waals surface area contributed by atoms with Gasteiger partial charge in [0.25, 0.3) is 5.56 Å². The maximum Gasteiger partial charge on any atom is 0.408 e. The standard InChI is InChI=1S/C27H32N2O3Si/c1-19(28-26(31)32-27(2,3)4)23-18-21-13-11-12-20(16-17-33(5,6)7)24(21)25(30)29(23)22-14-9-8-10-15-22/h8-15,18-19H,1-7H3,(H,28,31)/t19-/m0/s1. The van der Waals surface area contributed by atoms with Crippen LogP contribution in [0.5, 0.6) is 0 Å². The number of fused-ring (bicyclic) bond motifs is 1. The smallest absolute Gasteiger partial charge is 0.408 e. The molecule has 0 aliphatic heterocycles. The van der Waals surface area contributed by atoms with E-state index in [1.54, 1.807) is 4.57 Å². The van der Waals surface area contributed by atoms with E-state index in [0.29, 0.717) is 11.1 Å². The van der Waals surface area contributed by atoms with Gasteiger partial charge < -0.3 is 10.1 Å². The zero-order chi connectivity index (χ0) is 24.4. The quantitative estimate of drug-likeness (QED) is 0.397. The van der Waals surface area contributed by atoms with Gasteiger partial charge in [-0.05, 0) is 57.3 Å². The number of rotatable bonds is 3. The molecule has 33 heavy (non-hydrogen) atoms. The third-order valence-electron chi connectivity index (χ3n) is 4.84. The first-order valence-corrected chi connectivity index (χ1v) is 14.6. The molecule has 0 saturated carbocycles. The summed E-state index contributed by atoms with van der Waals surface area (Å²) in [6, 6.07) is 16.7. The van der Waals surface area contributed by atoms with Crippen molar-refractivity contribution in [3.05, 3.63) is 76.2 Å². The number of ether oxygens (including phenoxy) is 1. The van der Waals surface area contributed by atoms with Crippen molar-refractivity contribution in [1.29, 1.82) is 0 Å². The highest BCUT2D eigenvalue weighted by Gasteiger charge is 2.22. The number of hydrogen-bond donors (Lipinski definition) is 1. The fraction of sp³-hybridized carbons (Fsp3) is 0.333. The van der Waals surface area contributed by atoms with Crippen molar-refractivity contribution in [2.45, 2.75) is 59.0 Å². The molecule has 0 bridgehead atoms. The average Bonchev–Trinajstić information content (AvgIpc) is 2.70. The summed E-state index contributed by atoms with van der Waals surface area (Å²) in [5.74, 6) is 3.26. The minimum atomic E-state index is -1.62. The summed E-state index contributed by atoms with van der Waals surface area (Å²) in [4.78, 5) is 26.3. The molecular formula is C27H32N2O3Si. The Labute approximate surface area is 196 Å². The fourth-order valence-corrected chi connectivity index (χ4v) is 3.97. The molecule has 0 radical (unpaired) electrons. The van der Waals surface area contributed by atoms with Crippen LogP contribution in [0, 0.1) is 11.5 Å². The van der Waals surface area contributed by atoms with Crippen LogP contribution in [0.15, 0.2) is 59.4 Å². The van der Waals surface area contributed by atoms with Gasteiger partial charge in [0.05, 0.1) is 11.4 Å². The van der Waals surface area contributed by atoms with E-state index in [1.807, 2.05) is 82.3 Å². The first-order valence-electron chi connectivity index (χ1n) is 11.1. The molecule has 5 nitrogen and oxygen atoms in total. The molecule has 0 spiro atoms. The molecule has 1 aromatic heterocycles. The number of nitrogens with zero attached hydrogens (tertiary/aromatic N) is 1. The number of nitrogens with one attached hydrogen (secondary N) is 1. The maximum atomic E-state index is 13.9. The molecule has 3 rings (SSSR count). The van der Waals surface area contributed by atoms with Gasteiger partial charge in [-0.15, -0.1) is 5.54 Å². The zero-order valence-electron chi connectivity index (χ0n) is 20.4. The Hall–Kier alpha value is -3.30. The van der Waals surface area contributed by atoms with Gasteiger partial charge in [-0.1, -0.05) is 55.9 Å². The SMILES string of the molecule is C[C@H](NC(=O)OC(C)(C)C)c1cc2cccc(C#C[Si](C)(C)C)c2c(=O)n1-c1ccccc1. The monoisotopic (exact) mass is 460 g/mol. The first-order chi connectivity index (χ1) is 15.4. The van der Waals surface area contributed by atoms with Crippen LogP contribution in [0.4, 0.5) is 4.79 Å². The highest BCUT2D eigenvalue weighted by atomic mass is 28.3. The molecule has 6 heteroatoms. The number of amides is 1. The van der Waals surface area contributed by atoms with Crippen LogP contribution in [0.2, 0.25) is 19.6 Å². The summed E-state index contributed by atoms with van der Waals surface area (Å²) in [5.41, 5.74) is 4.71. The van der Waals surface area contributed by atoms with Crippen molar-refractivity contribution in [2.24, 2.45) is 0 Å². The summed E-state index contributed by atoms with van der Waals surface area (Å²) in [7, 11) is -1.62. The molecule has 3 aromatic rings. The lowest BCUT2D eigenvalue weighted by Crippen LogP contribution is -2.36. The van der Waals surface area contributed by atoms with Crippen molar-refractivity contribution in [2.75, 3.05) is 0 Å². The van der Waals surface area contributed by atoms with E-state index in [-0.39, 0.29) is 5.56 Å². The number of carbonyl (C=O) groups excluding carboxylic acids is 1. The molecule has 172 valence electrons. The Morgan fingerprint density at radius 3 is 2.33 bits per heavy atom. The topological polar surface area (TPSA) is 60.3 Å². The highest BCUT2D eigenvalue weighted by Crippen LogP contribution is 2.23. The van der Waals surface area contributed by atoms with Gasteiger partial charge in [0, 0.05) is 16.9 Å². The summed E-state index contributed by atoms with van der Waals surface area (Å²) in [5, 5.41) is 4.25. The molecule has 0 saturated heterocycles. The van der Waals surface area contributed by atoms with Crippen LogP contribution in [0.1, 0.15) is 45.0 Å². The van der Waals surface area contributed by atoms with Crippen LogP contribution in [-0.2, 0) is 4.74 Å². The van der Waals surface area contributed by atoms with E-state index in [9.17, 15) is 9.59 Å². The molecule has 1 heterocycles. The van der Waals surface area contributed by atoms with E-state index in [4.69, 9.17) is 4.74 Å². The van der Waals surface area contributed by atoms with Gasteiger partial charge >= 0.3 is 6.09 Å². The summed E-state index contributed by atoms with van der Waals surface area (Å²) in [6.45, 7) is 13.8. The number of aromatic nitrogens is 1. The molecule has 0 aliphatic rings. The van der Waals surface area contributed by atoms with Crippen molar-refractivity contribution >= 4 is 24.9 Å². The lowest BCUT2D eigenvalue weighted by molar-refractivity contribution is 0.0506. The van der Waals surface area contributed by atoms with Gasteiger partial charge in [-0.3, -0.25) is 9.36 Å². The Bertz CT molecular complexity index is 1290. The van der Waals surface area contributed by atoms with Gasteiger partial charge in [0.2, 0.25) is 0 Å². The second-order valence-electron chi connectivity index (χ2n) is 10.2. The van der Waals surface area contributed by atoms with Crippen LogP contribution in [0.3, 0.4) is 0 Å². The van der Waals surface area contributed by atoms with E-state index >= 15 is 0 Å². The van der Waals surface area contributed by atoms with Crippen molar-refractivity contribution < 1.29 is 9.53 Å². The number of alkyl carbamates (subject to hydrolysis) is 1. The number of para-hydroxylation sites is 1. The molecule has 2 aromatic carbocycles. The molecule has 1 amide bonds. The Morgan fingerprint density at radius 2 is 1.73 bits per heavy atom. The van der Waals surface area contributed by atoms with Gasteiger partial charge in [-0.2, -0.15) is 0 Å². The third-order valence-corrected chi connectivity index (χ3v) is 5.71. The van der Waals surface area contributed by atoms with Crippen LogP contribution in [-0.4, -0.2) is 24.3 Å². The maximum absolute atomic E-state index is 13.9. The zero-order valence-corrected chi connectivity index (χ0v) is 21.4. The number of hydrogen-bond acceptors (Lipinski definition) is 3. The molecule has 0 aliphatic carbocycles. The first kappa shape index (κ1) is 24.3. The number of carbonyl (C=O) groups is 1. The summed E-state index contributed by atoms with van der Waals surface area (Å²) < 4.78 is 7.08. The largest absolute Gasteiger partial charge is 0.444 e. The van der Waals surface area contributed by atoms with Crippen LogP contribution in [0.25, 0.3) is 16.5 Å². The highest BCUT2D eigenvalue weighted by molar-refractivity contribution is 6.83. The lowest BCUT2D eigenvalue weighted by Gasteiger charge is -2.24. The Balaban J connectivity index is 2.23. The number of pyridine rings is 1. The van der Waals surface area contributed by atoms with Crippen molar-refractivity contribution in [1.82, 2.24) is 9.88 Å². The second kappa shape index (κ2) is 9.28. The Kier molecular flexibility index (Phi) is 6.85.